The third kappa shape index (κ3) is 20500. The summed E-state index contributed by atoms with van der Waals surface area (Å²) in [5.41, 5.74) is 0. The first kappa shape index (κ1) is 37.2. The molecule has 0 amide bonds. The topological polar surface area (TPSA) is 210 Å². The molecule has 14 heavy (non-hydrogen) atoms. The molecule has 0 aliphatic rings. The van der Waals surface area contributed by atoms with Gasteiger partial charge in [-0.25, -0.2) is 0 Å². The van der Waals surface area contributed by atoms with Gasteiger partial charge < -0.3 is 40.5 Å². The fourth-order valence-corrected chi connectivity index (χ4v) is 0. The molecule has 0 N–H and O–H groups in total. The van der Waals surface area contributed by atoms with Crippen molar-refractivity contribution in [3.8, 4) is 0 Å². The van der Waals surface area contributed by atoms with Crippen molar-refractivity contribution in [2.75, 3.05) is 0 Å². The van der Waals surface area contributed by atoms with E-state index in [2.05, 4.69) is 0 Å². The quantitative estimate of drug-likeness (QED) is 0.274. The zero-order chi connectivity index (χ0) is 10.8. The van der Waals surface area contributed by atoms with Gasteiger partial charge in [-0.15, -0.1) is 21.4 Å². The summed E-state index contributed by atoms with van der Waals surface area (Å²) >= 11 is 0. The summed E-state index contributed by atoms with van der Waals surface area (Å²) in [5.74, 6) is 0. The molecule has 0 saturated carbocycles. The number of nitrogens with zero attached hydrogens (tertiary/aromatic N) is 4. The van der Waals surface area contributed by atoms with Crippen LogP contribution in [-0.2, 0) is 16.8 Å². The van der Waals surface area contributed by atoms with Crippen molar-refractivity contribution in [2.45, 2.75) is 0 Å². The molecule has 0 aromatic carbocycles. The van der Waals surface area contributed by atoms with Crippen LogP contribution >= 0.6 is 0 Å². The molecule has 0 spiro atoms. The van der Waals surface area contributed by atoms with E-state index in [0.717, 1.165) is 21.4 Å². The average molecular weight is 282 g/mol. The number of rotatable bonds is 0. The van der Waals surface area contributed by atoms with Crippen LogP contribution in [0.3, 0.4) is 0 Å². The van der Waals surface area contributed by atoms with Gasteiger partial charge in [0, 0.05) is 16.8 Å². The van der Waals surface area contributed by atoms with Crippen LogP contribution in [0.2, 0.25) is 0 Å². The van der Waals surface area contributed by atoms with Gasteiger partial charge in [0.05, 0.1) is 0 Å². The summed E-state index contributed by atoms with van der Waals surface area (Å²) < 4.78 is 0. The Hall–Kier alpha value is -0.257. The van der Waals surface area contributed by atoms with Crippen LogP contribution < -0.4 is 51.4 Å². The maximum absolute atomic E-state index is 8.00. The molecule has 0 aliphatic carbocycles. The first-order valence-corrected chi connectivity index (χ1v) is 1.46. The minimum Gasteiger partial charge on any atom is -0.444 e. The van der Waals surface area contributed by atoms with Gasteiger partial charge >= 0.3 is 51.4 Å². The normalized spacial score (nSPS) is 3.43. The van der Waals surface area contributed by atoms with E-state index in [9.17, 15) is 0 Å². The first-order chi connectivity index (χ1) is 5.66. The van der Waals surface area contributed by atoms with Gasteiger partial charge in [0.1, 0.15) is 0 Å². The smallest absolute Gasteiger partial charge is 0.444 e. The van der Waals surface area contributed by atoms with Crippen LogP contribution in [0.5, 0.6) is 0 Å². The van der Waals surface area contributed by atoms with E-state index in [0.29, 0.717) is 0 Å². The second kappa shape index (κ2) is 125. The van der Waals surface area contributed by atoms with Gasteiger partial charge in [0.15, 0.2) is 0 Å². The molecule has 81 valence electrons. The zero-order valence-corrected chi connectivity index (χ0v) is 10.6. The Balaban J connectivity index is -0.0000000145. The van der Waals surface area contributed by atoms with Crippen molar-refractivity contribution in [1.29, 1.82) is 0 Å². The van der Waals surface area contributed by atoms with Crippen molar-refractivity contribution in [2.24, 2.45) is 21.4 Å². The summed E-state index contributed by atoms with van der Waals surface area (Å²) in [6.07, 6.45) is 0. The number of hydrogen-bond donors (Lipinski definition) is 0. The molecule has 0 atom stereocenters. The summed E-state index contributed by atoms with van der Waals surface area (Å²) in [4.78, 5) is 32.0. The van der Waals surface area contributed by atoms with Crippen molar-refractivity contribution in [3.05, 3.63) is 40.5 Å². The molecule has 0 unspecified atom stereocenters. The Kier molecular flexibility index (Phi) is 333. The monoisotopic (exact) mass is 282 g/mol. The Labute approximate surface area is 128 Å². The minimum atomic E-state index is 0. The van der Waals surface area contributed by atoms with Crippen LogP contribution in [0.15, 0.2) is 21.4 Å². The van der Waals surface area contributed by atoms with E-state index in [1.54, 1.807) is 0 Å². The van der Waals surface area contributed by atoms with Gasteiger partial charge in [-0.3, -0.25) is 0 Å². The van der Waals surface area contributed by atoms with Crippen LogP contribution in [0.1, 0.15) is 0 Å². The van der Waals surface area contributed by atoms with Crippen LogP contribution in [0.25, 0.3) is 0 Å². The van der Waals surface area contributed by atoms with Crippen molar-refractivity contribution in [1.82, 2.24) is 0 Å². The van der Waals surface area contributed by atoms with E-state index in [4.69, 9.17) is 40.5 Å². The molecular formula is CoKN4O8-3. The van der Waals surface area contributed by atoms with Crippen molar-refractivity contribution >= 4 is 0 Å². The average Bonchev–Trinajstić information content (AvgIpc) is 1.92. The standard InChI is InChI=1S/Co.K.4HNO2/c;;4*2-1-3/h;;4*(H,2,3)/q;+1;;;;/p-4. The Morgan fingerprint density at radius 2 is 0.571 bits per heavy atom. The largest absolute Gasteiger partial charge is 1.00 e. The molecule has 0 rings (SSSR count). The summed E-state index contributed by atoms with van der Waals surface area (Å²) in [5, 5.41) is 36.0. The van der Waals surface area contributed by atoms with E-state index in [1.165, 1.54) is 0 Å². The van der Waals surface area contributed by atoms with Gasteiger partial charge in [0.2, 0.25) is 0 Å². The molecule has 0 aliphatic heterocycles. The van der Waals surface area contributed by atoms with E-state index in [1.807, 2.05) is 0 Å². The second-order valence-corrected chi connectivity index (χ2v) is 0.298. The molecule has 12 nitrogen and oxygen atoms in total. The second-order valence-electron chi connectivity index (χ2n) is 0.298. The SMILES string of the molecule is O=N[O-].O=N[O-].O=N[O-].O=N[O-].[Co].[K+]. The molecule has 0 aromatic rings. The molecule has 0 saturated heterocycles. The maximum Gasteiger partial charge on any atom is 1.00 e. The molecule has 0 fully saturated rings. The molecule has 1 radical (unpaired) electrons. The third-order valence-electron chi connectivity index (χ3n) is 0. The molecular weight excluding hydrogens is 282 g/mol. The number of hydrogen-bond acceptors (Lipinski definition) is 12. The van der Waals surface area contributed by atoms with Gasteiger partial charge in [-0.2, -0.15) is 0 Å². The summed E-state index contributed by atoms with van der Waals surface area (Å²) in [6.45, 7) is 0. The maximum atomic E-state index is 8.00. The summed E-state index contributed by atoms with van der Waals surface area (Å²) in [6, 6.07) is 0. The Morgan fingerprint density at radius 1 is 0.571 bits per heavy atom. The molecule has 14 heteroatoms. The van der Waals surface area contributed by atoms with Crippen LogP contribution in [0, 0.1) is 40.5 Å². The molecule has 0 aromatic heterocycles. The fraction of sp³-hybridized carbons (Fsp3) is 0. The van der Waals surface area contributed by atoms with E-state index < -0.39 is 0 Å². The van der Waals surface area contributed by atoms with Crippen molar-refractivity contribution < 1.29 is 68.2 Å². The van der Waals surface area contributed by atoms with Gasteiger partial charge in [0.25, 0.3) is 0 Å². The zero-order valence-electron chi connectivity index (χ0n) is 6.39. The van der Waals surface area contributed by atoms with E-state index >= 15 is 0 Å². The van der Waals surface area contributed by atoms with Crippen molar-refractivity contribution in [3.63, 3.8) is 0 Å². The third-order valence-corrected chi connectivity index (χ3v) is 0. The Bertz CT molecular complexity index is 75.3. The Morgan fingerprint density at radius 3 is 0.571 bits per heavy atom. The van der Waals surface area contributed by atoms with Gasteiger partial charge in [-0.1, -0.05) is 0 Å². The van der Waals surface area contributed by atoms with Gasteiger partial charge in [-0.05, 0) is 0 Å². The first-order valence-electron chi connectivity index (χ1n) is 1.46. The predicted octanol–water partition coefficient (Wildman–Crippen LogP) is -2.00. The molecule has 0 heterocycles. The summed E-state index contributed by atoms with van der Waals surface area (Å²) in [7, 11) is 0. The van der Waals surface area contributed by atoms with Crippen LogP contribution in [0.4, 0.5) is 0 Å². The predicted molar refractivity (Wildman–Crippen MR) is 36.6 cm³/mol. The van der Waals surface area contributed by atoms with E-state index in [-0.39, 0.29) is 68.2 Å². The fourth-order valence-electron chi connectivity index (χ4n) is 0. The van der Waals surface area contributed by atoms with Crippen LogP contribution in [-0.4, -0.2) is 0 Å². The minimum absolute atomic E-state index is 0. The molecule has 0 bridgehead atoms.